The zero-order chi connectivity index (χ0) is 10.3. The van der Waals surface area contributed by atoms with Crippen molar-refractivity contribution in [1.29, 1.82) is 0 Å². The van der Waals surface area contributed by atoms with Gasteiger partial charge in [-0.3, -0.25) is 0 Å². The summed E-state index contributed by atoms with van der Waals surface area (Å²) in [5.74, 6) is 2.42. The summed E-state index contributed by atoms with van der Waals surface area (Å²) in [5, 5.41) is 0. The van der Waals surface area contributed by atoms with Gasteiger partial charge in [-0.15, -0.1) is 0 Å². The molecular formula is C13H20O2. The Bertz CT molecular complexity index is 261. The summed E-state index contributed by atoms with van der Waals surface area (Å²) in [6.07, 6.45) is 10.3. The molecule has 2 aliphatic heterocycles. The van der Waals surface area contributed by atoms with Crippen LogP contribution in [-0.2, 0) is 9.47 Å². The molecule has 5 atom stereocenters. The fourth-order valence-electron chi connectivity index (χ4n) is 3.85. The summed E-state index contributed by atoms with van der Waals surface area (Å²) in [4.78, 5) is 0. The fraction of sp³-hybridized carbons (Fsp3) is 0.846. The highest BCUT2D eigenvalue weighted by Crippen LogP contribution is 2.53. The van der Waals surface area contributed by atoms with E-state index in [-0.39, 0.29) is 0 Å². The maximum absolute atomic E-state index is 6.08. The lowest BCUT2D eigenvalue weighted by molar-refractivity contribution is 0.0541. The van der Waals surface area contributed by atoms with Gasteiger partial charge < -0.3 is 9.47 Å². The standard InChI is InChI=1S/C13H20O2/c1-2-6-14-8-9-7-12-10-4-3-5-11(10)13(9)15-12/h2,6,9-13H,3-5,7-8H2,1H3/b6-2+. The number of allylic oxidation sites excluding steroid dienone is 1. The molecule has 3 fully saturated rings. The maximum Gasteiger partial charge on any atom is 0.0927 e. The third-order valence-electron chi connectivity index (χ3n) is 4.40. The topological polar surface area (TPSA) is 18.5 Å². The van der Waals surface area contributed by atoms with Crippen LogP contribution in [0.15, 0.2) is 12.3 Å². The Labute approximate surface area is 91.6 Å². The van der Waals surface area contributed by atoms with Crippen molar-refractivity contribution in [3.63, 3.8) is 0 Å². The monoisotopic (exact) mass is 208 g/mol. The van der Waals surface area contributed by atoms with Gasteiger partial charge in [0.2, 0.25) is 0 Å². The van der Waals surface area contributed by atoms with Crippen LogP contribution in [0.2, 0.25) is 0 Å². The van der Waals surface area contributed by atoms with Crippen molar-refractivity contribution in [2.24, 2.45) is 17.8 Å². The van der Waals surface area contributed by atoms with E-state index in [1.165, 1.54) is 25.7 Å². The van der Waals surface area contributed by atoms with E-state index in [4.69, 9.17) is 9.47 Å². The first kappa shape index (κ1) is 9.71. The van der Waals surface area contributed by atoms with Crippen LogP contribution in [0.25, 0.3) is 0 Å². The Kier molecular flexibility index (Phi) is 2.47. The molecule has 0 amide bonds. The van der Waals surface area contributed by atoms with Gasteiger partial charge in [0.1, 0.15) is 0 Å². The van der Waals surface area contributed by atoms with Gasteiger partial charge in [0, 0.05) is 5.92 Å². The molecule has 3 aliphatic rings. The highest BCUT2D eigenvalue weighted by molar-refractivity contribution is 5.03. The highest BCUT2D eigenvalue weighted by Gasteiger charge is 2.55. The van der Waals surface area contributed by atoms with Gasteiger partial charge in [-0.25, -0.2) is 0 Å². The first-order valence-corrected chi connectivity index (χ1v) is 6.28. The predicted octanol–water partition coefficient (Wildman–Crippen LogP) is 2.74. The molecule has 1 aliphatic carbocycles. The number of rotatable bonds is 3. The second-order valence-electron chi connectivity index (χ2n) is 5.20. The Morgan fingerprint density at radius 3 is 3.07 bits per heavy atom. The zero-order valence-corrected chi connectivity index (χ0v) is 9.39. The lowest BCUT2D eigenvalue weighted by atomic mass is 9.76. The predicted molar refractivity (Wildman–Crippen MR) is 58.4 cm³/mol. The molecule has 2 bridgehead atoms. The molecular weight excluding hydrogens is 188 g/mol. The van der Waals surface area contributed by atoms with Gasteiger partial charge in [0.15, 0.2) is 0 Å². The molecule has 2 saturated heterocycles. The van der Waals surface area contributed by atoms with E-state index in [1.807, 2.05) is 13.0 Å². The number of fused-ring (bicyclic) bond motifs is 5. The average molecular weight is 208 g/mol. The van der Waals surface area contributed by atoms with E-state index < -0.39 is 0 Å². The minimum absolute atomic E-state index is 0.521. The van der Waals surface area contributed by atoms with Crippen LogP contribution >= 0.6 is 0 Å². The van der Waals surface area contributed by atoms with Gasteiger partial charge in [-0.05, 0) is 38.0 Å². The van der Waals surface area contributed by atoms with E-state index >= 15 is 0 Å². The van der Waals surface area contributed by atoms with Crippen LogP contribution in [-0.4, -0.2) is 18.8 Å². The van der Waals surface area contributed by atoms with Gasteiger partial charge in [-0.1, -0.05) is 12.5 Å². The van der Waals surface area contributed by atoms with Crippen LogP contribution in [0.5, 0.6) is 0 Å². The number of hydrogen-bond donors (Lipinski definition) is 0. The summed E-state index contributed by atoms with van der Waals surface area (Å²) in [7, 11) is 0. The van der Waals surface area contributed by atoms with Crippen molar-refractivity contribution in [3.05, 3.63) is 12.3 Å². The van der Waals surface area contributed by atoms with Crippen molar-refractivity contribution < 1.29 is 9.47 Å². The normalized spacial score (nSPS) is 47.7. The molecule has 2 heteroatoms. The molecule has 0 aromatic carbocycles. The Morgan fingerprint density at radius 2 is 2.20 bits per heavy atom. The van der Waals surface area contributed by atoms with E-state index in [0.29, 0.717) is 18.1 Å². The molecule has 0 N–H and O–H groups in total. The Balaban J connectivity index is 1.61. The third kappa shape index (κ3) is 1.50. The van der Waals surface area contributed by atoms with E-state index in [9.17, 15) is 0 Å². The quantitative estimate of drug-likeness (QED) is 0.664. The minimum Gasteiger partial charge on any atom is -0.501 e. The lowest BCUT2D eigenvalue weighted by Gasteiger charge is -2.27. The molecule has 0 radical (unpaired) electrons. The SMILES string of the molecule is C/C=C/OCC1CC2OC1C1CCCC21. The van der Waals surface area contributed by atoms with Crippen LogP contribution in [0.1, 0.15) is 32.6 Å². The largest absolute Gasteiger partial charge is 0.501 e. The molecule has 0 aromatic rings. The second kappa shape index (κ2) is 3.82. The summed E-state index contributed by atoms with van der Waals surface area (Å²) < 4.78 is 11.6. The smallest absolute Gasteiger partial charge is 0.0927 e. The molecule has 15 heavy (non-hydrogen) atoms. The Hall–Kier alpha value is -0.500. The fourth-order valence-corrected chi connectivity index (χ4v) is 3.85. The van der Waals surface area contributed by atoms with Gasteiger partial charge in [0.25, 0.3) is 0 Å². The molecule has 3 rings (SSSR count). The number of ether oxygens (including phenoxy) is 2. The van der Waals surface area contributed by atoms with Crippen molar-refractivity contribution in [1.82, 2.24) is 0 Å². The molecule has 84 valence electrons. The van der Waals surface area contributed by atoms with Gasteiger partial charge in [0.05, 0.1) is 25.1 Å². The summed E-state index contributed by atoms with van der Waals surface area (Å²) in [6.45, 7) is 2.85. The summed E-state index contributed by atoms with van der Waals surface area (Å²) >= 11 is 0. The van der Waals surface area contributed by atoms with Crippen LogP contribution < -0.4 is 0 Å². The van der Waals surface area contributed by atoms with Crippen LogP contribution in [0, 0.1) is 17.8 Å². The lowest BCUT2D eigenvalue weighted by Crippen LogP contribution is -2.32. The van der Waals surface area contributed by atoms with Crippen molar-refractivity contribution in [2.75, 3.05) is 6.61 Å². The zero-order valence-electron chi connectivity index (χ0n) is 9.39. The molecule has 5 unspecified atom stereocenters. The van der Waals surface area contributed by atoms with Gasteiger partial charge >= 0.3 is 0 Å². The molecule has 0 aromatic heterocycles. The Morgan fingerprint density at radius 1 is 1.33 bits per heavy atom. The second-order valence-corrected chi connectivity index (χ2v) is 5.20. The molecule has 1 saturated carbocycles. The van der Waals surface area contributed by atoms with Crippen LogP contribution in [0.4, 0.5) is 0 Å². The van der Waals surface area contributed by atoms with Crippen LogP contribution in [0.3, 0.4) is 0 Å². The molecule has 0 spiro atoms. The third-order valence-corrected chi connectivity index (χ3v) is 4.40. The van der Waals surface area contributed by atoms with E-state index in [0.717, 1.165) is 18.4 Å². The van der Waals surface area contributed by atoms with E-state index in [2.05, 4.69) is 0 Å². The molecule has 2 nitrogen and oxygen atoms in total. The van der Waals surface area contributed by atoms with Crippen molar-refractivity contribution in [3.8, 4) is 0 Å². The number of hydrogen-bond acceptors (Lipinski definition) is 2. The van der Waals surface area contributed by atoms with Gasteiger partial charge in [-0.2, -0.15) is 0 Å². The summed E-state index contributed by atoms with van der Waals surface area (Å²) in [6, 6.07) is 0. The molecule has 2 heterocycles. The first-order chi connectivity index (χ1) is 7.40. The van der Waals surface area contributed by atoms with E-state index in [1.54, 1.807) is 6.26 Å². The maximum atomic E-state index is 6.08. The summed E-state index contributed by atoms with van der Waals surface area (Å²) in [5.41, 5.74) is 0. The van der Waals surface area contributed by atoms with Crippen molar-refractivity contribution >= 4 is 0 Å². The average Bonchev–Trinajstić information content (AvgIpc) is 2.89. The first-order valence-electron chi connectivity index (χ1n) is 6.28. The minimum atomic E-state index is 0.521. The highest BCUT2D eigenvalue weighted by atomic mass is 16.5. The van der Waals surface area contributed by atoms with Crippen molar-refractivity contribution in [2.45, 2.75) is 44.8 Å².